The van der Waals surface area contributed by atoms with E-state index in [1.54, 1.807) is 37.1 Å². The minimum atomic E-state index is -0.880. The molecule has 0 saturated carbocycles. The van der Waals surface area contributed by atoms with E-state index in [2.05, 4.69) is 42.6 Å². The molecule has 3 rings (SSSR count). The minimum Gasteiger partial charge on any atom is -0.404 e. The summed E-state index contributed by atoms with van der Waals surface area (Å²) in [5, 5.41) is 18.6. The third kappa shape index (κ3) is 5.43. The molecule has 5 N–H and O–H groups in total. The van der Waals surface area contributed by atoms with Gasteiger partial charge in [-0.3, -0.25) is 4.68 Å². The molecule has 1 atom stereocenters. The van der Waals surface area contributed by atoms with Gasteiger partial charge in [0.2, 0.25) is 0 Å². The van der Waals surface area contributed by atoms with E-state index in [-0.39, 0.29) is 11.7 Å². The summed E-state index contributed by atoms with van der Waals surface area (Å²) in [7, 11) is 0. The summed E-state index contributed by atoms with van der Waals surface area (Å²) in [6.45, 7) is 13.7. The SMILES string of the molecule is C=C(N)/N=C\C(=C/N)c1ccc([C@](C)(c2noc(-c3cnn(CC(C)(C)O)c3)n2)C(C)C)cc1. The maximum Gasteiger partial charge on any atom is 0.261 e. The van der Waals surface area contributed by atoms with Gasteiger partial charge in [0.1, 0.15) is 5.82 Å². The molecule has 0 amide bonds. The number of nitrogens with zero attached hydrogens (tertiary/aromatic N) is 5. The first kappa shape index (κ1) is 24.9. The Hall–Kier alpha value is -3.72. The van der Waals surface area contributed by atoms with Crippen molar-refractivity contribution in [3.05, 3.63) is 72.2 Å². The van der Waals surface area contributed by atoms with E-state index in [0.29, 0.717) is 23.8 Å². The molecule has 9 heteroatoms. The molecule has 1 aromatic carbocycles. The van der Waals surface area contributed by atoms with Gasteiger partial charge in [-0.2, -0.15) is 10.1 Å². The van der Waals surface area contributed by atoms with Crippen LogP contribution in [0.5, 0.6) is 0 Å². The molecule has 9 nitrogen and oxygen atoms in total. The Balaban J connectivity index is 1.92. The van der Waals surface area contributed by atoms with E-state index < -0.39 is 11.0 Å². The second-order valence-corrected chi connectivity index (χ2v) is 9.47. The van der Waals surface area contributed by atoms with Crippen molar-refractivity contribution in [2.75, 3.05) is 0 Å². The van der Waals surface area contributed by atoms with Crippen LogP contribution in [0.2, 0.25) is 0 Å². The molecule has 0 bridgehead atoms. The van der Waals surface area contributed by atoms with Crippen molar-refractivity contribution >= 4 is 11.8 Å². The molecule has 0 fully saturated rings. The molecule has 3 aromatic rings. The zero-order chi connectivity index (χ0) is 25.1. The zero-order valence-corrected chi connectivity index (χ0v) is 20.4. The van der Waals surface area contributed by atoms with Crippen molar-refractivity contribution in [3.63, 3.8) is 0 Å². The van der Waals surface area contributed by atoms with Gasteiger partial charge in [0.15, 0.2) is 5.82 Å². The summed E-state index contributed by atoms with van der Waals surface area (Å²) < 4.78 is 7.26. The van der Waals surface area contributed by atoms with Crippen molar-refractivity contribution in [2.45, 2.75) is 52.2 Å². The van der Waals surface area contributed by atoms with E-state index in [4.69, 9.17) is 21.0 Å². The van der Waals surface area contributed by atoms with Crippen LogP contribution in [-0.2, 0) is 12.0 Å². The Morgan fingerprint density at radius 3 is 2.50 bits per heavy atom. The average Bonchev–Trinajstić information content (AvgIpc) is 3.42. The number of allylic oxidation sites excluding steroid dienone is 1. The molecule has 0 unspecified atom stereocenters. The van der Waals surface area contributed by atoms with Gasteiger partial charge in [-0.1, -0.05) is 49.8 Å². The molecule has 0 radical (unpaired) electrons. The second-order valence-electron chi connectivity index (χ2n) is 9.47. The maximum absolute atomic E-state index is 10.0. The monoisotopic (exact) mass is 463 g/mol. The normalized spacial score (nSPS) is 14.6. The van der Waals surface area contributed by atoms with Crippen LogP contribution in [-0.4, -0.2) is 36.8 Å². The largest absolute Gasteiger partial charge is 0.404 e. The highest BCUT2D eigenvalue weighted by Gasteiger charge is 2.37. The van der Waals surface area contributed by atoms with E-state index in [1.807, 2.05) is 24.3 Å². The van der Waals surface area contributed by atoms with Gasteiger partial charge >= 0.3 is 0 Å². The molecule has 0 aliphatic carbocycles. The van der Waals surface area contributed by atoms with Crippen LogP contribution < -0.4 is 11.5 Å². The topological polar surface area (TPSA) is 141 Å². The predicted octanol–water partition coefficient (Wildman–Crippen LogP) is 3.47. The molecule has 34 heavy (non-hydrogen) atoms. The lowest BCUT2D eigenvalue weighted by molar-refractivity contribution is 0.0577. The van der Waals surface area contributed by atoms with E-state index >= 15 is 0 Å². The summed E-state index contributed by atoms with van der Waals surface area (Å²) in [5.74, 6) is 1.35. The number of hydrogen-bond acceptors (Lipinski definition) is 8. The number of hydrogen-bond donors (Lipinski definition) is 3. The Kier molecular flexibility index (Phi) is 7.07. The minimum absolute atomic E-state index is 0.174. The molecule has 180 valence electrons. The van der Waals surface area contributed by atoms with Gasteiger partial charge in [0.05, 0.1) is 29.3 Å². The number of nitrogens with two attached hydrogens (primary N) is 2. The molecule has 0 saturated heterocycles. The van der Waals surface area contributed by atoms with Gasteiger partial charge in [-0.15, -0.1) is 0 Å². The molecule has 0 aliphatic heterocycles. The first-order valence-corrected chi connectivity index (χ1v) is 11.0. The van der Waals surface area contributed by atoms with E-state index in [0.717, 1.165) is 16.7 Å². The lowest BCUT2D eigenvalue weighted by Crippen LogP contribution is -2.31. The van der Waals surface area contributed by atoms with Crippen molar-refractivity contribution < 1.29 is 9.63 Å². The molecular formula is C25H33N7O2. The molecule has 0 aliphatic rings. The number of rotatable bonds is 9. The summed E-state index contributed by atoms with van der Waals surface area (Å²) in [6.07, 6.45) is 6.51. The van der Waals surface area contributed by atoms with Crippen LogP contribution in [0.3, 0.4) is 0 Å². The highest BCUT2D eigenvalue weighted by molar-refractivity contribution is 6.09. The number of aliphatic hydroxyl groups is 1. The van der Waals surface area contributed by atoms with Crippen LogP contribution in [0.4, 0.5) is 0 Å². The van der Waals surface area contributed by atoms with Gasteiger partial charge < -0.3 is 21.1 Å². The molecule has 0 spiro atoms. The lowest BCUT2D eigenvalue weighted by Gasteiger charge is -2.31. The third-order valence-corrected chi connectivity index (χ3v) is 5.84. The summed E-state index contributed by atoms with van der Waals surface area (Å²) >= 11 is 0. The van der Waals surface area contributed by atoms with Crippen molar-refractivity contribution in [2.24, 2.45) is 22.4 Å². The predicted molar refractivity (Wildman–Crippen MR) is 134 cm³/mol. The van der Waals surface area contributed by atoms with Crippen LogP contribution in [0.15, 0.2) is 64.8 Å². The average molecular weight is 464 g/mol. The Labute approximate surface area is 199 Å². The van der Waals surface area contributed by atoms with Crippen LogP contribution in [0, 0.1) is 5.92 Å². The molecule has 2 aromatic heterocycles. The summed E-state index contributed by atoms with van der Waals surface area (Å²) in [5.41, 5.74) is 13.3. The number of aliphatic imine (C=N–C) groups is 1. The Morgan fingerprint density at radius 1 is 1.26 bits per heavy atom. The second kappa shape index (κ2) is 9.64. The van der Waals surface area contributed by atoms with E-state index in [1.165, 1.54) is 6.20 Å². The Morgan fingerprint density at radius 2 is 1.94 bits per heavy atom. The molecule has 2 heterocycles. The smallest absolute Gasteiger partial charge is 0.261 e. The van der Waals surface area contributed by atoms with Gasteiger partial charge in [-0.25, -0.2) is 4.99 Å². The van der Waals surface area contributed by atoms with E-state index in [9.17, 15) is 5.11 Å². The highest BCUT2D eigenvalue weighted by Crippen LogP contribution is 2.38. The highest BCUT2D eigenvalue weighted by atomic mass is 16.5. The number of benzene rings is 1. The van der Waals surface area contributed by atoms with Crippen molar-refractivity contribution in [1.82, 2.24) is 19.9 Å². The molecular weight excluding hydrogens is 430 g/mol. The maximum atomic E-state index is 10.0. The quantitative estimate of drug-likeness (QED) is 0.413. The van der Waals surface area contributed by atoms with Crippen molar-refractivity contribution in [3.8, 4) is 11.5 Å². The fourth-order valence-corrected chi connectivity index (χ4v) is 3.60. The van der Waals surface area contributed by atoms with Crippen LogP contribution in [0.25, 0.3) is 17.0 Å². The Bertz CT molecular complexity index is 1200. The summed E-state index contributed by atoms with van der Waals surface area (Å²) in [6, 6.07) is 8.01. The standard InChI is InChI=1S/C25H33N7O2/c1-16(2)25(6,21-9-7-18(8-10-21)19(11-26)12-28-17(3)27)23-30-22(34-31-23)20-13-29-32(14-20)15-24(4,5)33/h7-14,16,33H,3,15,26-27H2,1-2,4-6H3/b19-11+,28-12-/t25-/m1/s1. The fourth-order valence-electron chi connectivity index (χ4n) is 3.60. The zero-order valence-electron chi connectivity index (χ0n) is 20.4. The lowest BCUT2D eigenvalue weighted by atomic mass is 9.72. The third-order valence-electron chi connectivity index (χ3n) is 5.84. The van der Waals surface area contributed by atoms with Gasteiger partial charge in [0.25, 0.3) is 5.89 Å². The fraction of sp³-hybridized carbons (Fsp3) is 0.360. The first-order chi connectivity index (χ1) is 15.9. The first-order valence-electron chi connectivity index (χ1n) is 11.0. The summed E-state index contributed by atoms with van der Waals surface area (Å²) in [4.78, 5) is 8.74. The van der Waals surface area contributed by atoms with Crippen LogP contribution >= 0.6 is 0 Å². The number of aromatic nitrogens is 4. The van der Waals surface area contributed by atoms with Crippen LogP contribution in [0.1, 0.15) is 51.6 Å². The van der Waals surface area contributed by atoms with Gasteiger partial charge in [0, 0.05) is 24.2 Å². The van der Waals surface area contributed by atoms with Crippen molar-refractivity contribution in [1.29, 1.82) is 0 Å². The van der Waals surface area contributed by atoms with Gasteiger partial charge in [-0.05, 0) is 37.8 Å².